The van der Waals surface area contributed by atoms with Crippen LogP contribution in [0.4, 0.5) is 18.9 Å². The summed E-state index contributed by atoms with van der Waals surface area (Å²) in [5.41, 5.74) is -0.386. The SMILES string of the molecule is CN(C)CCN(C)Cc1ccc(NC=O)cc1C(F)(F)F. The molecule has 0 saturated carbocycles. The molecule has 1 N–H and O–H groups in total. The van der Waals surface area contributed by atoms with Crippen LogP contribution in [0.5, 0.6) is 0 Å². The second kappa shape index (κ2) is 7.42. The molecule has 7 heteroatoms. The molecule has 0 bridgehead atoms. The molecule has 0 aliphatic heterocycles. The Bertz CT molecular complexity index is 475. The van der Waals surface area contributed by atoms with Gasteiger partial charge in [-0.25, -0.2) is 0 Å². The molecule has 0 radical (unpaired) electrons. The van der Waals surface area contributed by atoms with E-state index < -0.39 is 11.7 Å². The van der Waals surface area contributed by atoms with E-state index in [9.17, 15) is 18.0 Å². The zero-order valence-corrected chi connectivity index (χ0v) is 12.4. The van der Waals surface area contributed by atoms with Crippen LogP contribution in [0.2, 0.25) is 0 Å². The number of hydrogen-bond donors (Lipinski definition) is 1. The molecule has 0 aliphatic carbocycles. The third-order valence-corrected chi connectivity index (χ3v) is 3.01. The number of carbonyl (C=O) groups is 1. The number of rotatable bonds is 7. The lowest BCUT2D eigenvalue weighted by atomic mass is 10.1. The minimum absolute atomic E-state index is 0.136. The van der Waals surface area contributed by atoms with Crippen molar-refractivity contribution in [1.29, 1.82) is 0 Å². The van der Waals surface area contributed by atoms with Crippen LogP contribution in [0.1, 0.15) is 11.1 Å². The average molecular weight is 303 g/mol. The fourth-order valence-electron chi connectivity index (χ4n) is 1.88. The molecule has 4 nitrogen and oxygen atoms in total. The quantitative estimate of drug-likeness (QED) is 0.785. The van der Waals surface area contributed by atoms with Crippen molar-refractivity contribution >= 4 is 12.1 Å². The first-order valence-electron chi connectivity index (χ1n) is 6.47. The molecule has 118 valence electrons. The van der Waals surface area contributed by atoms with Gasteiger partial charge in [0.25, 0.3) is 0 Å². The van der Waals surface area contributed by atoms with Crippen LogP contribution in [-0.2, 0) is 17.5 Å². The molecule has 0 heterocycles. The molecule has 1 aromatic rings. The van der Waals surface area contributed by atoms with Gasteiger partial charge in [-0.15, -0.1) is 0 Å². The molecule has 1 rings (SSSR count). The van der Waals surface area contributed by atoms with E-state index in [2.05, 4.69) is 5.32 Å². The van der Waals surface area contributed by atoms with Crippen LogP contribution in [0.3, 0.4) is 0 Å². The zero-order valence-electron chi connectivity index (χ0n) is 12.4. The summed E-state index contributed by atoms with van der Waals surface area (Å²) in [6.45, 7) is 1.63. The van der Waals surface area contributed by atoms with Gasteiger partial charge in [-0.05, 0) is 38.8 Å². The van der Waals surface area contributed by atoms with Crippen LogP contribution in [-0.4, -0.2) is 50.4 Å². The van der Waals surface area contributed by atoms with Crippen LogP contribution in [0, 0.1) is 0 Å². The number of amides is 1. The zero-order chi connectivity index (χ0) is 16.0. The summed E-state index contributed by atoms with van der Waals surface area (Å²) in [5, 5.41) is 2.24. The number of alkyl halides is 3. The largest absolute Gasteiger partial charge is 0.416 e. The molecule has 0 saturated heterocycles. The van der Waals surface area contributed by atoms with Crippen molar-refractivity contribution in [2.45, 2.75) is 12.7 Å². The van der Waals surface area contributed by atoms with Gasteiger partial charge in [0, 0.05) is 25.3 Å². The van der Waals surface area contributed by atoms with Crippen LogP contribution in [0.25, 0.3) is 0 Å². The molecule has 0 spiro atoms. The van der Waals surface area contributed by atoms with Crippen molar-refractivity contribution in [2.75, 3.05) is 39.5 Å². The second-order valence-corrected chi connectivity index (χ2v) is 5.17. The van der Waals surface area contributed by atoms with Crippen LogP contribution < -0.4 is 5.32 Å². The minimum Gasteiger partial charge on any atom is -0.329 e. The Morgan fingerprint density at radius 2 is 1.86 bits per heavy atom. The highest BCUT2D eigenvalue weighted by molar-refractivity contribution is 5.71. The van der Waals surface area contributed by atoms with Gasteiger partial charge < -0.3 is 15.1 Å². The fourth-order valence-corrected chi connectivity index (χ4v) is 1.88. The maximum absolute atomic E-state index is 13.1. The maximum Gasteiger partial charge on any atom is 0.416 e. The number of carbonyl (C=O) groups excluding carboxylic acids is 1. The maximum atomic E-state index is 13.1. The highest BCUT2D eigenvalue weighted by Gasteiger charge is 2.33. The molecule has 0 aromatic heterocycles. The van der Waals surface area contributed by atoms with E-state index in [1.165, 1.54) is 12.1 Å². The Morgan fingerprint density at radius 3 is 2.38 bits per heavy atom. The number of halogens is 3. The van der Waals surface area contributed by atoms with Gasteiger partial charge >= 0.3 is 6.18 Å². The lowest BCUT2D eigenvalue weighted by molar-refractivity contribution is -0.138. The molecule has 1 aromatic carbocycles. The standard InChI is InChI=1S/C14H20F3N3O/c1-19(2)6-7-20(3)9-11-4-5-12(18-10-21)8-13(11)14(15,16)17/h4-5,8,10H,6-7,9H2,1-3H3,(H,18,21). The van der Waals surface area contributed by atoms with E-state index in [1.807, 2.05) is 23.9 Å². The molecular weight excluding hydrogens is 283 g/mol. The Kier molecular flexibility index (Phi) is 6.17. The fraction of sp³-hybridized carbons (Fsp3) is 0.500. The van der Waals surface area contributed by atoms with Crippen LogP contribution in [0.15, 0.2) is 18.2 Å². The Labute approximate surface area is 122 Å². The van der Waals surface area contributed by atoms with Gasteiger partial charge in [0.05, 0.1) is 5.56 Å². The van der Waals surface area contributed by atoms with Gasteiger partial charge in [-0.3, -0.25) is 4.79 Å². The summed E-state index contributed by atoms with van der Waals surface area (Å²) < 4.78 is 39.3. The summed E-state index contributed by atoms with van der Waals surface area (Å²) in [7, 11) is 5.60. The average Bonchev–Trinajstić information content (AvgIpc) is 2.37. The number of nitrogens with one attached hydrogen (secondary N) is 1. The van der Waals surface area contributed by atoms with Gasteiger partial charge in [0.15, 0.2) is 0 Å². The Balaban J connectivity index is 2.92. The van der Waals surface area contributed by atoms with E-state index in [-0.39, 0.29) is 17.8 Å². The first-order chi connectivity index (χ1) is 9.74. The Hall–Kier alpha value is -1.60. The molecule has 0 atom stereocenters. The highest BCUT2D eigenvalue weighted by atomic mass is 19.4. The van der Waals surface area contributed by atoms with Crippen molar-refractivity contribution in [3.63, 3.8) is 0 Å². The molecule has 21 heavy (non-hydrogen) atoms. The molecular formula is C14H20F3N3O. The van der Waals surface area contributed by atoms with Gasteiger partial charge in [0.1, 0.15) is 0 Å². The summed E-state index contributed by atoms with van der Waals surface area (Å²) >= 11 is 0. The topological polar surface area (TPSA) is 35.6 Å². The van der Waals surface area contributed by atoms with Crippen molar-refractivity contribution < 1.29 is 18.0 Å². The number of anilines is 1. The minimum atomic E-state index is -4.45. The van der Waals surface area contributed by atoms with Crippen molar-refractivity contribution in [3.8, 4) is 0 Å². The van der Waals surface area contributed by atoms with Gasteiger partial charge in [-0.1, -0.05) is 6.07 Å². The van der Waals surface area contributed by atoms with Crippen molar-refractivity contribution in [2.24, 2.45) is 0 Å². The normalized spacial score (nSPS) is 12.0. The third kappa shape index (κ3) is 5.73. The van der Waals surface area contributed by atoms with E-state index in [0.717, 1.165) is 12.6 Å². The lowest BCUT2D eigenvalue weighted by Crippen LogP contribution is -2.29. The molecule has 0 fully saturated rings. The van der Waals surface area contributed by atoms with E-state index in [4.69, 9.17) is 0 Å². The summed E-state index contributed by atoms with van der Waals surface area (Å²) in [4.78, 5) is 14.1. The van der Waals surface area contributed by atoms with E-state index in [0.29, 0.717) is 13.0 Å². The third-order valence-electron chi connectivity index (χ3n) is 3.01. The molecule has 0 aliphatic rings. The predicted molar refractivity (Wildman–Crippen MR) is 76.0 cm³/mol. The molecule has 0 unspecified atom stereocenters. The summed E-state index contributed by atoms with van der Waals surface area (Å²) in [6.07, 6.45) is -4.09. The lowest BCUT2D eigenvalue weighted by Gasteiger charge is -2.22. The monoisotopic (exact) mass is 303 g/mol. The Morgan fingerprint density at radius 1 is 1.19 bits per heavy atom. The van der Waals surface area contributed by atoms with Gasteiger partial charge in [-0.2, -0.15) is 13.2 Å². The van der Waals surface area contributed by atoms with Crippen molar-refractivity contribution in [1.82, 2.24) is 9.80 Å². The smallest absolute Gasteiger partial charge is 0.329 e. The first kappa shape index (κ1) is 17.5. The second-order valence-electron chi connectivity index (χ2n) is 5.17. The highest BCUT2D eigenvalue weighted by Crippen LogP contribution is 2.34. The predicted octanol–water partition coefficient (Wildman–Crippen LogP) is 2.27. The molecule has 1 amide bonds. The van der Waals surface area contributed by atoms with E-state index in [1.54, 1.807) is 7.05 Å². The first-order valence-corrected chi connectivity index (χ1v) is 6.47. The van der Waals surface area contributed by atoms with Gasteiger partial charge in [0.2, 0.25) is 6.41 Å². The van der Waals surface area contributed by atoms with E-state index >= 15 is 0 Å². The number of hydrogen-bond acceptors (Lipinski definition) is 3. The number of nitrogens with zero attached hydrogens (tertiary/aromatic N) is 2. The summed E-state index contributed by atoms with van der Waals surface area (Å²) in [6, 6.07) is 3.84. The summed E-state index contributed by atoms with van der Waals surface area (Å²) in [5.74, 6) is 0. The van der Waals surface area contributed by atoms with Crippen molar-refractivity contribution in [3.05, 3.63) is 29.3 Å². The van der Waals surface area contributed by atoms with Crippen LogP contribution >= 0.6 is 0 Å². The number of benzene rings is 1. The number of likely N-dealkylation sites (N-methyl/N-ethyl adjacent to an activating group) is 2.